The van der Waals surface area contributed by atoms with Gasteiger partial charge in [-0.1, -0.05) is 17.7 Å². The van der Waals surface area contributed by atoms with Gasteiger partial charge in [0.25, 0.3) is 0 Å². The number of hydrogen-bond donors (Lipinski definition) is 1. The number of aryl methyl sites for hydroxylation is 1. The summed E-state index contributed by atoms with van der Waals surface area (Å²) in [4.78, 5) is 11.8. The summed E-state index contributed by atoms with van der Waals surface area (Å²) in [5, 5.41) is 7.18. The summed E-state index contributed by atoms with van der Waals surface area (Å²) in [6, 6.07) is 4.53. The summed E-state index contributed by atoms with van der Waals surface area (Å²) in [6.45, 7) is 0. The van der Waals surface area contributed by atoms with E-state index in [9.17, 15) is 9.18 Å². The summed E-state index contributed by atoms with van der Waals surface area (Å²) < 4.78 is 15.6. The monoisotopic (exact) mass is 279 g/mol. The van der Waals surface area contributed by atoms with E-state index >= 15 is 0 Å². The van der Waals surface area contributed by atoms with E-state index < -0.39 is 11.7 Å². The van der Waals surface area contributed by atoms with Crippen molar-refractivity contribution in [1.82, 2.24) is 9.78 Å². The highest BCUT2D eigenvalue weighted by molar-refractivity contribution is 6.31. The molecule has 1 aliphatic heterocycles. The number of nitrogens with zero attached hydrogens (tertiary/aromatic N) is 2. The van der Waals surface area contributed by atoms with Gasteiger partial charge in [0.05, 0.1) is 6.20 Å². The zero-order chi connectivity index (χ0) is 13.6. The van der Waals surface area contributed by atoms with Gasteiger partial charge in [0.15, 0.2) is 0 Å². The van der Waals surface area contributed by atoms with Gasteiger partial charge in [0, 0.05) is 35.5 Å². The van der Waals surface area contributed by atoms with E-state index in [2.05, 4.69) is 10.4 Å². The molecule has 19 heavy (non-hydrogen) atoms. The molecule has 0 spiro atoms. The summed E-state index contributed by atoms with van der Waals surface area (Å²) in [7, 11) is 1.73. The minimum absolute atomic E-state index is 0.166. The molecule has 1 aliphatic rings. The minimum Gasteiger partial charge on any atom is -0.311 e. The number of aromatic nitrogens is 2. The van der Waals surface area contributed by atoms with E-state index in [0.717, 1.165) is 5.56 Å². The summed E-state index contributed by atoms with van der Waals surface area (Å²) in [5.74, 6) is -0.367. The third-order valence-corrected chi connectivity index (χ3v) is 3.67. The lowest BCUT2D eigenvalue weighted by atomic mass is 9.87. The molecule has 0 aliphatic carbocycles. The highest BCUT2D eigenvalue weighted by Gasteiger charge is 2.32. The van der Waals surface area contributed by atoms with E-state index in [4.69, 9.17) is 11.6 Å². The molecule has 1 aromatic carbocycles. The van der Waals surface area contributed by atoms with Crippen LogP contribution in [-0.2, 0) is 11.8 Å². The van der Waals surface area contributed by atoms with Gasteiger partial charge in [-0.15, -0.1) is 0 Å². The molecule has 1 atom stereocenters. The lowest BCUT2D eigenvalue weighted by Gasteiger charge is -2.24. The Bertz CT molecular complexity index is 648. The summed E-state index contributed by atoms with van der Waals surface area (Å²) in [5.41, 5.74) is 1.14. The SMILES string of the molecule is Cn1ncc2c1NC(=O)C[C@@H]2c1c(F)cccc1Cl. The molecule has 0 bridgehead atoms. The molecule has 0 fully saturated rings. The summed E-state index contributed by atoms with van der Waals surface area (Å²) >= 11 is 6.08. The van der Waals surface area contributed by atoms with E-state index in [1.54, 1.807) is 30.1 Å². The zero-order valence-electron chi connectivity index (χ0n) is 10.2. The third kappa shape index (κ3) is 1.90. The van der Waals surface area contributed by atoms with Crippen molar-refractivity contribution in [2.75, 3.05) is 5.32 Å². The van der Waals surface area contributed by atoms with Gasteiger partial charge in [-0.25, -0.2) is 4.39 Å². The number of benzene rings is 1. The third-order valence-electron chi connectivity index (χ3n) is 3.34. The van der Waals surface area contributed by atoms with Crippen molar-refractivity contribution in [1.29, 1.82) is 0 Å². The van der Waals surface area contributed by atoms with Crippen molar-refractivity contribution in [3.63, 3.8) is 0 Å². The predicted molar refractivity (Wildman–Crippen MR) is 69.7 cm³/mol. The number of halogens is 2. The predicted octanol–water partition coefficient (Wildman–Crippen LogP) is 2.69. The Labute approximate surface area is 114 Å². The quantitative estimate of drug-likeness (QED) is 0.872. The van der Waals surface area contributed by atoms with E-state index in [-0.39, 0.29) is 12.3 Å². The van der Waals surface area contributed by atoms with Gasteiger partial charge in [-0.05, 0) is 12.1 Å². The van der Waals surface area contributed by atoms with Crippen molar-refractivity contribution in [2.45, 2.75) is 12.3 Å². The van der Waals surface area contributed by atoms with Gasteiger partial charge in [-0.3, -0.25) is 9.48 Å². The number of anilines is 1. The second kappa shape index (κ2) is 4.35. The first-order valence-corrected chi connectivity index (χ1v) is 6.21. The van der Waals surface area contributed by atoms with Crippen LogP contribution in [0.1, 0.15) is 23.5 Å². The second-order valence-electron chi connectivity index (χ2n) is 4.51. The molecular weight excluding hydrogens is 269 g/mol. The van der Waals surface area contributed by atoms with Crippen molar-refractivity contribution >= 4 is 23.3 Å². The van der Waals surface area contributed by atoms with Gasteiger partial charge >= 0.3 is 0 Å². The van der Waals surface area contributed by atoms with Crippen LogP contribution in [0.25, 0.3) is 0 Å². The smallest absolute Gasteiger partial charge is 0.226 e. The lowest BCUT2D eigenvalue weighted by molar-refractivity contribution is -0.116. The maximum absolute atomic E-state index is 14.0. The topological polar surface area (TPSA) is 46.9 Å². The highest BCUT2D eigenvalue weighted by atomic mass is 35.5. The largest absolute Gasteiger partial charge is 0.311 e. The Morgan fingerprint density at radius 3 is 3.05 bits per heavy atom. The Hall–Kier alpha value is -1.88. The van der Waals surface area contributed by atoms with Crippen LogP contribution in [0.15, 0.2) is 24.4 Å². The molecule has 0 saturated heterocycles. The number of carbonyl (C=O) groups is 1. The van der Waals surface area contributed by atoms with Crippen LogP contribution in [-0.4, -0.2) is 15.7 Å². The van der Waals surface area contributed by atoms with Gasteiger partial charge in [0.1, 0.15) is 11.6 Å². The normalized spacial score (nSPS) is 18.1. The van der Waals surface area contributed by atoms with Crippen LogP contribution < -0.4 is 5.32 Å². The van der Waals surface area contributed by atoms with Gasteiger partial charge in [-0.2, -0.15) is 5.10 Å². The molecule has 1 aromatic heterocycles. The molecule has 1 N–H and O–H groups in total. The molecule has 2 heterocycles. The Morgan fingerprint density at radius 2 is 2.32 bits per heavy atom. The number of hydrogen-bond acceptors (Lipinski definition) is 2. The first kappa shape index (κ1) is 12.2. The Balaban J connectivity index is 2.18. The molecule has 98 valence electrons. The molecule has 6 heteroatoms. The molecular formula is C13H11ClFN3O. The maximum Gasteiger partial charge on any atom is 0.226 e. The number of rotatable bonds is 1. The number of fused-ring (bicyclic) bond motifs is 1. The highest BCUT2D eigenvalue weighted by Crippen LogP contribution is 2.40. The molecule has 2 aromatic rings. The van der Waals surface area contributed by atoms with Crippen LogP contribution >= 0.6 is 11.6 Å². The standard InChI is InChI=1S/C13H11ClFN3O/c1-18-13-8(6-16-18)7(5-11(19)17-13)12-9(14)3-2-4-10(12)15/h2-4,6-7H,5H2,1H3,(H,17,19)/t7-/m0/s1. The van der Waals surface area contributed by atoms with E-state index in [1.165, 1.54) is 6.07 Å². The van der Waals surface area contributed by atoms with Crippen LogP contribution in [0.2, 0.25) is 5.02 Å². The molecule has 0 unspecified atom stereocenters. The minimum atomic E-state index is -0.401. The number of carbonyl (C=O) groups excluding carboxylic acids is 1. The Kier molecular flexibility index (Phi) is 2.78. The average Bonchev–Trinajstić information content (AvgIpc) is 2.71. The fourth-order valence-corrected chi connectivity index (χ4v) is 2.74. The van der Waals surface area contributed by atoms with Crippen LogP contribution in [0, 0.1) is 5.82 Å². The lowest BCUT2D eigenvalue weighted by Crippen LogP contribution is -2.25. The van der Waals surface area contributed by atoms with Crippen molar-refractivity contribution in [2.24, 2.45) is 7.05 Å². The zero-order valence-corrected chi connectivity index (χ0v) is 10.9. The maximum atomic E-state index is 14.0. The second-order valence-corrected chi connectivity index (χ2v) is 4.92. The first-order chi connectivity index (χ1) is 9.08. The fraction of sp³-hybridized carbons (Fsp3) is 0.231. The van der Waals surface area contributed by atoms with Gasteiger partial charge < -0.3 is 5.32 Å². The van der Waals surface area contributed by atoms with Crippen LogP contribution in [0.5, 0.6) is 0 Å². The van der Waals surface area contributed by atoms with Crippen LogP contribution in [0.4, 0.5) is 10.2 Å². The molecule has 0 radical (unpaired) electrons. The summed E-state index contributed by atoms with van der Waals surface area (Å²) in [6.07, 6.45) is 1.81. The van der Waals surface area contributed by atoms with Gasteiger partial charge in [0.2, 0.25) is 5.91 Å². The Morgan fingerprint density at radius 1 is 1.53 bits per heavy atom. The van der Waals surface area contributed by atoms with Crippen molar-refractivity contribution < 1.29 is 9.18 Å². The molecule has 0 saturated carbocycles. The molecule has 1 amide bonds. The van der Waals surface area contributed by atoms with E-state index in [0.29, 0.717) is 16.4 Å². The van der Waals surface area contributed by atoms with Crippen molar-refractivity contribution in [3.05, 3.63) is 46.4 Å². The van der Waals surface area contributed by atoms with Crippen molar-refractivity contribution in [3.8, 4) is 0 Å². The van der Waals surface area contributed by atoms with Crippen LogP contribution in [0.3, 0.4) is 0 Å². The number of amides is 1. The van der Waals surface area contributed by atoms with E-state index in [1.807, 2.05) is 0 Å². The first-order valence-electron chi connectivity index (χ1n) is 5.83. The molecule has 4 nitrogen and oxygen atoms in total. The number of nitrogens with one attached hydrogen (secondary N) is 1. The fourth-order valence-electron chi connectivity index (χ4n) is 2.44. The average molecular weight is 280 g/mol. The molecule has 3 rings (SSSR count).